The molecule has 0 aromatic heterocycles. The minimum absolute atomic E-state index is 0.105. The Bertz CT molecular complexity index is 1070. The Morgan fingerprint density at radius 2 is 1.48 bits per heavy atom. The van der Waals surface area contributed by atoms with Crippen LogP contribution in [0.2, 0.25) is 0 Å². The first-order valence-corrected chi connectivity index (χ1v) is 12.9. The molecule has 8 heteroatoms. The lowest BCUT2D eigenvalue weighted by Crippen LogP contribution is -2.40. The number of anilines is 1. The van der Waals surface area contributed by atoms with Gasteiger partial charge in [-0.05, 0) is 80.3 Å². The van der Waals surface area contributed by atoms with Crippen molar-refractivity contribution in [2.24, 2.45) is 17.8 Å². The van der Waals surface area contributed by atoms with Gasteiger partial charge in [-0.1, -0.05) is 24.6 Å². The third-order valence-corrected chi connectivity index (χ3v) is 9.22. The number of sulfonamides is 2. The van der Waals surface area contributed by atoms with Crippen molar-refractivity contribution < 1.29 is 16.8 Å². The van der Waals surface area contributed by atoms with E-state index < -0.39 is 20.0 Å². The Kier molecular flexibility index (Phi) is 5.44. The van der Waals surface area contributed by atoms with Crippen molar-refractivity contribution in [3.63, 3.8) is 0 Å². The molecule has 0 unspecified atom stereocenters. The topological polar surface area (TPSA) is 92.3 Å². The van der Waals surface area contributed by atoms with E-state index in [1.807, 2.05) is 6.92 Å². The van der Waals surface area contributed by atoms with Gasteiger partial charge >= 0.3 is 0 Å². The molecule has 4 atom stereocenters. The summed E-state index contributed by atoms with van der Waals surface area (Å²) in [6.07, 6.45) is 4.82. The molecule has 2 bridgehead atoms. The van der Waals surface area contributed by atoms with E-state index in [4.69, 9.17) is 0 Å². The van der Waals surface area contributed by atoms with Gasteiger partial charge in [0.15, 0.2) is 0 Å². The van der Waals surface area contributed by atoms with Crippen molar-refractivity contribution in [3.05, 3.63) is 54.6 Å². The molecule has 29 heavy (non-hydrogen) atoms. The molecule has 0 aliphatic heterocycles. The Hall–Kier alpha value is -1.90. The van der Waals surface area contributed by atoms with Crippen LogP contribution in [-0.2, 0) is 20.0 Å². The summed E-state index contributed by atoms with van der Waals surface area (Å²) in [5, 5.41) is 0. The van der Waals surface area contributed by atoms with Crippen LogP contribution in [0.25, 0.3) is 0 Å². The lowest BCUT2D eigenvalue weighted by Gasteiger charge is -2.28. The summed E-state index contributed by atoms with van der Waals surface area (Å²) >= 11 is 0. The minimum atomic E-state index is -3.71. The van der Waals surface area contributed by atoms with E-state index in [9.17, 15) is 16.8 Å². The quantitative estimate of drug-likeness (QED) is 0.697. The van der Waals surface area contributed by atoms with E-state index >= 15 is 0 Å². The Morgan fingerprint density at radius 1 is 0.828 bits per heavy atom. The molecule has 2 N–H and O–H groups in total. The first kappa shape index (κ1) is 20.4. The number of nitrogens with one attached hydrogen (secondary N) is 2. The van der Waals surface area contributed by atoms with Crippen LogP contribution in [0.4, 0.5) is 5.69 Å². The largest absolute Gasteiger partial charge is 0.280 e. The smallest absolute Gasteiger partial charge is 0.261 e. The molecular formula is C21H26N2O4S2. The molecule has 2 fully saturated rings. The van der Waals surface area contributed by atoms with Gasteiger partial charge in [-0.25, -0.2) is 21.6 Å². The molecule has 6 nitrogen and oxygen atoms in total. The van der Waals surface area contributed by atoms with Crippen LogP contribution in [0.3, 0.4) is 0 Å². The van der Waals surface area contributed by atoms with Gasteiger partial charge in [-0.2, -0.15) is 0 Å². The molecular weight excluding hydrogens is 408 g/mol. The molecule has 2 aliphatic rings. The molecule has 0 amide bonds. The van der Waals surface area contributed by atoms with E-state index in [2.05, 4.69) is 9.44 Å². The SMILES string of the molecule is C[C@@H](NS(=O)(=O)c1ccc(NS(=O)(=O)c2ccccc2)cc1)[C@@H]1C[C@H]2CC[C@H]1C2. The fraction of sp³-hybridized carbons (Fsp3) is 0.429. The number of fused-ring (bicyclic) bond motifs is 2. The average molecular weight is 435 g/mol. The van der Waals surface area contributed by atoms with Crippen molar-refractivity contribution >= 4 is 25.7 Å². The molecule has 156 valence electrons. The Balaban J connectivity index is 1.44. The van der Waals surface area contributed by atoms with Crippen LogP contribution in [0, 0.1) is 17.8 Å². The van der Waals surface area contributed by atoms with Gasteiger partial charge in [0.2, 0.25) is 10.0 Å². The van der Waals surface area contributed by atoms with Crippen LogP contribution in [0.5, 0.6) is 0 Å². The maximum absolute atomic E-state index is 12.8. The molecule has 4 rings (SSSR count). The highest BCUT2D eigenvalue weighted by molar-refractivity contribution is 7.92. The van der Waals surface area contributed by atoms with Gasteiger partial charge in [0.05, 0.1) is 9.79 Å². The zero-order valence-electron chi connectivity index (χ0n) is 16.3. The number of hydrogen-bond donors (Lipinski definition) is 2. The summed E-state index contributed by atoms with van der Waals surface area (Å²) in [4.78, 5) is 0.285. The predicted octanol–water partition coefficient (Wildman–Crippen LogP) is 3.59. The van der Waals surface area contributed by atoms with Gasteiger partial charge in [0.1, 0.15) is 0 Å². The fourth-order valence-corrected chi connectivity index (χ4v) is 7.20. The van der Waals surface area contributed by atoms with E-state index in [1.165, 1.54) is 55.7 Å². The normalized spacial score (nSPS) is 25.1. The highest BCUT2D eigenvalue weighted by atomic mass is 32.2. The molecule has 2 aromatic rings. The number of rotatable bonds is 7. The second-order valence-corrected chi connectivity index (χ2v) is 11.6. The van der Waals surface area contributed by atoms with Crippen LogP contribution in [-0.4, -0.2) is 22.9 Å². The van der Waals surface area contributed by atoms with Gasteiger partial charge in [-0.3, -0.25) is 4.72 Å². The molecule has 2 aromatic carbocycles. The molecule has 0 heterocycles. The molecule has 0 radical (unpaired) electrons. The zero-order chi connectivity index (χ0) is 20.6. The number of benzene rings is 2. The van der Waals surface area contributed by atoms with Crippen LogP contribution in [0.1, 0.15) is 32.6 Å². The molecule has 0 saturated heterocycles. The monoisotopic (exact) mass is 434 g/mol. The lowest BCUT2D eigenvalue weighted by atomic mass is 9.84. The van der Waals surface area contributed by atoms with Crippen molar-refractivity contribution in [1.29, 1.82) is 0 Å². The second-order valence-electron chi connectivity index (χ2n) is 8.19. The van der Waals surface area contributed by atoms with Crippen molar-refractivity contribution in [2.75, 3.05) is 4.72 Å². The highest BCUT2D eigenvalue weighted by Gasteiger charge is 2.42. The first-order chi connectivity index (χ1) is 13.7. The summed E-state index contributed by atoms with van der Waals surface area (Å²) in [6.45, 7) is 1.95. The van der Waals surface area contributed by atoms with E-state index in [0.717, 1.165) is 12.3 Å². The Labute approximate surface area is 172 Å². The summed E-state index contributed by atoms with van der Waals surface area (Å²) in [7, 11) is -7.37. The summed E-state index contributed by atoms with van der Waals surface area (Å²) in [6, 6.07) is 13.7. The fourth-order valence-electron chi connectivity index (χ4n) is 4.82. The van der Waals surface area contributed by atoms with Crippen LogP contribution < -0.4 is 9.44 Å². The number of hydrogen-bond acceptors (Lipinski definition) is 4. The third-order valence-electron chi connectivity index (χ3n) is 6.25. The van der Waals surface area contributed by atoms with Gasteiger partial charge in [0.25, 0.3) is 10.0 Å². The van der Waals surface area contributed by atoms with Gasteiger partial charge < -0.3 is 0 Å². The molecule has 2 saturated carbocycles. The highest BCUT2D eigenvalue weighted by Crippen LogP contribution is 2.49. The molecule has 0 spiro atoms. The molecule has 2 aliphatic carbocycles. The van der Waals surface area contributed by atoms with Gasteiger partial charge in [-0.15, -0.1) is 0 Å². The standard InChI is InChI=1S/C21H26N2O4S2/c1-15(21-14-16-7-8-17(21)13-16)22-28(24,25)20-11-9-18(10-12-20)23-29(26,27)19-5-3-2-4-6-19/h2-6,9-12,15-17,21-23H,7-8,13-14H2,1H3/t15-,16+,17+,21+/m1/s1. The van der Waals surface area contributed by atoms with Crippen LogP contribution in [0.15, 0.2) is 64.4 Å². The summed E-state index contributed by atoms with van der Waals surface area (Å²) in [5.74, 6) is 1.79. The van der Waals surface area contributed by atoms with E-state index in [0.29, 0.717) is 17.5 Å². The second kappa shape index (κ2) is 7.74. The van der Waals surface area contributed by atoms with Gasteiger partial charge in [0, 0.05) is 11.7 Å². The zero-order valence-corrected chi connectivity index (χ0v) is 17.9. The summed E-state index contributed by atoms with van der Waals surface area (Å²) in [5.41, 5.74) is 0.314. The lowest BCUT2D eigenvalue weighted by molar-refractivity contribution is 0.280. The van der Waals surface area contributed by atoms with Crippen molar-refractivity contribution in [2.45, 2.75) is 48.4 Å². The van der Waals surface area contributed by atoms with Crippen molar-refractivity contribution in [1.82, 2.24) is 4.72 Å². The maximum Gasteiger partial charge on any atom is 0.261 e. The minimum Gasteiger partial charge on any atom is -0.280 e. The average Bonchev–Trinajstić information content (AvgIpc) is 3.32. The maximum atomic E-state index is 12.8. The van der Waals surface area contributed by atoms with E-state index in [1.54, 1.807) is 18.2 Å². The third kappa shape index (κ3) is 4.34. The van der Waals surface area contributed by atoms with E-state index in [-0.39, 0.29) is 15.8 Å². The summed E-state index contributed by atoms with van der Waals surface area (Å²) < 4.78 is 55.6. The van der Waals surface area contributed by atoms with Crippen LogP contribution >= 0.6 is 0 Å². The first-order valence-electron chi connectivity index (χ1n) is 9.95. The Morgan fingerprint density at radius 3 is 2.07 bits per heavy atom. The van der Waals surface area contributed by atoms with Crippen molar-refractivity contribution in [3.8, 4) is 0 Å². The predicted molar refractivity (Wildman–Crippen MR) is 112 cm³/mol.